The third kappa shape index (κ3) is 2.57. The fourth-order valence-electron chi connectivity index (χ4n) is 0.311. The van der Waals surface area contributed by atoms with Gasteiger partial charge >= 0.3 is 29.1 Å². The molecular weight excluding hydrogens is 175 g/mol. The van der Waals surface area contributed by atoms with E-state index >= 15 is 0 Å². The van der Waals surface area contributed by atoms with Gasteiger partial charge in [0, 0.05) is 0 Å². The quantitative estimate of drug-likeness (QED) is 0.323. The molecule has 0 saturated carbocycles. The van der Waals surface area contributed by atoms with Crippen molar-refractivity contribution in [2.75, 3.05) is 0 Å². The van der Waals surface area contributed by atoms with E-state index in [-0.39, 0.29) is 18.9 Å². The van der Waals surface area contributed by atoms with Crippen molar-refractivity contribution in [3.63, 3.8) is 0 Å². The molecular formula is C2F2LiN3O2S. The van der Waals surface area contributed by atoms with Crippen LogP contribution in [0.15, 0.2) is 5.16 Å². The Morgan fingerprint density at radius 1 is 1.36 bits per heavy atom. The molecule has 56 valence electrons. The molecule has 5 nitrogen and oxygen atoms in total. The van der Waals surface area contributed by atoms with Gasteiger partial charge in [0.15, 0.2) is 6.08 Å². The molecule has 1 aromatic rings. The summed E-state index contributed by atoms with van der Waals surface area (Å²) < 4.78 is 43.2. The SMILES string of the molecule is O=S(=O)(F)c1nnc(F)[n-]1.[Li+]. The first-order valence-corrected chi connectivity index (χ1v) is 3.36. The van der Waals surface area contributed by atoms with E-state index in [2.05, 4.69) is 15.2 Å². The van der Waals surface area contributed by atoms with Gasteiger partial charge in [-0.1, -0.05) is 3.89 Å². The molecule has 0 aromatic carbocycles. The maximum atomic E-state index is 11.8. The van der Waals surface area contributed by atoms with Crippen LogP contribution in [0.3, 0.4) is 0 Å². The summed E-state index contributed by atoms with van der Waals surface area (Å²) in [5, 5.41) is 3.88. The minimum Gasteiger partial charge on any atom is -0.334 e. The predicted molar refractivity (Wildman–Crippen MR) is 23.6 cm³/mol. The number of halogens is 2. The second-order valence-corrected chi connectivity index (χ2v) is 2.54. The maximum absolute atomic E-state index is 11.8. The van der Waals surface area contributed by atoms with Crippen molar-refractivity contribution in [2.24, 2.45) is 0 Å². The summed E-state index contributed by atoms with van der Waals surface area (Å²) in [6.07, 6.45) is -1.36. The van der Waals surface area contributed by atoms with Gasteiger partial charge in [-0.2, -0.15) is 12.8 Å². The Balaban J connectivity index is 0.000001000. The van der Waals surface area contributed by atoms with Crippen LogP contribution in [0.2, 0.25) is 0 Å². The summed E-state index contributed by atoms with van der Waals surface area (Å²) in [4.78, 5) is 2.53. The first-order chi connectivity index (χ1) is 4.50. The van der Waals surface area contributed by atoms with Gasteiger partial charge in [0.05, 0.1) is 0 Å². The van der Waals surface area contributed by atoms with Gasteiger partial charge in [0.25, 0.3) is 0 Å². The van der Waals surface area contributed by atoms with Crippen molar-refractivity contribution >= 4 is 10.2 Å². The van der Waals surface area contributed by atoms with Crippen LogP contribution in [-0.2, 0) is 10.2 Å². The second kappa shape index (κ2) is 3.30. The van der Waals surface area contributed by atoms with Gasteiger partial charge in [-0.25, -0.2) is 0 Å². The van der Waals surface area contributed by atoms with E-state index in [0.717, 1.165) is 0 Å². The molecule has 1 aromatic heterocycles. The molecule has 0 atom stereocenters. The van der Waals surface area contributed by atoms with Crippen LogP contribution in [0.5, 0.6) is 0 Å². The Bertz CT molecular complexity index is 335. The molecule has 0 amide bonds. The van der Waals surface area contributed by atoms with Crippen molar-refractivity contribution in [2.45, 2.75) is 5.16 Å². The van der Waals surface area contributed by atoms with Crippen molar-refractivity contribution in [3.05, 3.63) is 6.08 Å². The number of aromatic nitrogens is 3. The van der Waals surface area contributed by atoms with Gasteiger partial charge in [-0.3, -0.25) is 0 Å². The molecule has 0 saturated heterocycles. The normalized spacial score (nSPS) is 10.7. The summed E-state index contributed by atoms with van der Waals surface area (Å²) in [5.74, 6) is 0. The molecule has 11 heavy (non-hydrogen) atoms. The van der Waals surface area contributed by atoms with Gasteiger partial charge in [0.1, 0.15) is 5.16 Å². The van der Waals surface area contributed by atoms with Crippen LogP contribution in [0, 0.1) is 6.08 Å². The zero-order valence-electron chi connectivity index (χ0n) is 5.32. The Morgan fingerprint density at radius 3 is 2.09 bits per heavy atom. The van der Waals surface area contributed by atoms with Crippen molar-refractivity contribution < 1.29 is 35.6 Å². The first-order valence-electron chi connectivity index (χ1n) is 1.98. The van der Waals surface area contributed by atoms with Crippen LogP contribution >= 0.6 is 0 Å². The molecule has 0 aliphatic heterocycles. The molecule has 0 N–H and O–H groups in total. The Kier molecular flexibility index (Phi) is 3.16. The minimum atomic E-state index is -5.01. The van der Waals surface area contributed by atoms with Crippen LogP contribution < -0.4 is 23.8 Å². The number of hydrogen-bond acceptors (Lipinski definition) is 4. The van der Waals surface area contributed by atoms with E-state index in [0.29, 0.717) is 0 Å². The molecule has 0 radical (unpaired) electrons. The van der Waals surface area contributed by atoms with Crippen LogP contribution in [0.25, 0.3) is 0 Å². The first kappa shape index (κ1) is 10.5. The molecule has 9 heteroatoms. The van der Waals surface area contributed by atoms with Crippen LogP contribution in [0.1, 0.15) is 0 Å². The topological polar surface area (TPSA) is 74.0 Å². The molecule has 0 aliphatic carbocycles. The molecule has 0 aliphatic rings. The molecule has 1 heterocycles. The van der Waals surface area contributed by atoms with Crippen LogP contribution in [0.4, 0.5) is 8.28 Å². The third-order valence-electron chi connectivity index (χ3n) is 0.624. The van der Waals surface area contributed by atoms with Gasteiger partial charge in [-0.05, 0) is 0 Å². The van der Waals surface area contributed by atoms with E-state index in [1.54, 1.807) is 0 Å². The van der Waals surface area contributed by atoms with Crippen molar-refractivity contribution in [1.29, 1.82) is 0 Å². The number of nitrogens with zero attached hydrogens (tertiary/aromatic N) is 3. The fourth-order valence-corrected chi connectivity index (χ4v) is 0.634. The monoisotopic (exact) mass is 175 g/mol. The standard InChI is InChI=1S/C2F2N3O2S.Li/c3-1-5-2(7-6-1)10(4,8)9;/q-1;+1. The summed E-state index contributed by atoms with van der Waals surface area (Å²) in [6.45, 7) is 0. The van der Waals surface area contributed by atoms with Crippen molar-refractivity contribution in [3.8, 4) is 0 Å². The summed E-state index contributed by atoms with van der Waals surface area (Å²) in [7, 11) is -5.01. The molecule has 0 spiro atoms. The summed E-state index contributed by atoms with van der Waals surface area (Å²) >= 11 is 0. The van der Waals surface area contributed by atoms with E-state index in [1.165, 1.54) is 0 Å². The molecule has 0 fully saturated rings. The average molecular weight is 175 g/mol. The van der Waals surface area contributed by atoms with Gasteiger partial charge < -0.3 is 15.2 Å². The predicted octanol–water partition coefficient (Wildman–Crippen LogP) is -3.76. The Morgan fingerprint density at radius 2 is 1.91 bits per heavy atom. The van der Waals surface area contributed by atoms with E-state index < -0.39 is 21.5 Å². The largest absolute Gasteiger partial charge is 1.00 e. The Hall–Kier alpha value is -0.453. The zero-order chi connectivity index (χ0) is 7.78. The molecule has 0 unspecified atom stereocenters. The summed E-state index contributed by atoms with van der Waals surface area (Å²) in [5.41, 5.74) is 0. The smallest absolute Gasteiger partial charge is 0.334 e. The van der Waals surface area contributed by atoms with E-state index in [4.69, 9.17) is 0 Å². The van der Waals surface area contributed by atoms with Crippen LogP contribution in [-0.4, -0.2) is 18.6 Å². The fraction of sp³-hybridized carbons (Fsp3) is 0. The van der Waals surface area contributed by atoms with Gasteiger partial charge in [-0.15, -0.1) is 0 Å². The molecule has 0 bridgehead atoms. The average Bonchev–Trinajstić information content (AvgIpc) is 2.11. The van der Waals surface area contributed by atoms with E-state index in [1.807, 2.05) is 0 Å². The second-order valence-electron chi connectivity index (χ2n) is 1.30. The third-order valence-corrected chi connectivity index (χ3v) is 1.23. The Labute approximate surface area is 72.6 Å². The minimum absolute atomic E-state index is 0. The zero-order valence-corrected chi connectivity index (χ0v) is 6.14. The summed E-state index contributed by atoms with van der Waals surface area (Å²) in [6, 6.07) is 0. The van der Waals surface area contributed by atoms with E-state index in [9.17, 15) is 16.7 Å². The van der Waals surface area contributed by atoms with Crippen molar-refractivity contribution in [1.82, 2.24) is 15.2 Å². The van der Waals surface area contributed by atoms with Gasteiger partial charge in [0.2, 0.25) is 0 Å². The molecule has 1 rings (SSSR count). The number of rotatable bonds is 1. The maximum Gasteiger partial charge on any atom is 1.00 e. The number of hydrogen-bond donors (Lipinski definition) is 0.